The van der Waals surface area contributed by atoms with E-state index in [0.717, 1.165) is 20.5 Å². The molecular formula is C29H33BrN2O2S. The zero-order valence-corrected chi connectivity index (χ0v) is 22.9. The number of nitrogens with zero attached hydrogens (tertiary/aromatic N) is 1. The molecule has 3 aromatic carbocycles. The van der Waals surface area contributed by atoms with Crippen molar-refractivity contribution in [3.8, 4) is 0 Å². The monoisotopic (exact) mass is 552 g/mol. The van der Waals surface area contributed by atoms with Gasteiger partial charge in [0.25, 0.3) is 0 Å². The predicted octanol–water partition coefficient (Wildman–Crippen LogP) is 6.49. The minimum atomic E-state index is -0.616. The Bertz CT molecular complexity index is 1080. The van der Waals surface area contributed by atoms with Gasteiger partial charge in [-0.15, -0.1) is 11.8 Å². The lowest BCUT2D eigenvalue weighted by atomic mass is 10.0. The lowest BCUT2D eigenvalue weighted by Gasteiger charge is -2.34. The number of halogens is 1. The van der Waals surface area contributed by atoms with Crippen molar-refractivity contribution in [2.75, 3.05) is 5.75 Å². The molecule has 0 fully saturated rings. The van der Waals surface area contributed by atoms with Gasteiger partial charge in [0, 0.05) is 40.0 Å². The second kappa shape index (κ2) is 12.9. The van der Waals surface area contributed by atoms with Crippen LogP contribution in [0, 0.1) is 0 Å². The van der Waals surface area contributed by atoms with Crippen LogP contribution in [0.1, 0.15) is 38.3 Å². The topological polar surface area (TPSA) is 49.4 Å². The van der Waals surface area contributed by atoms with E-state index in [2.05, 4.69) is 21.2 Å². The summed E-state index contributed by atoms with van der Waals surface area (Å²) in [5, 5.41) is 3.11. The third-order valence-corrected chi connectivity index (χ3v) is 6.91. The van der Waals surface area contributed by atoms with Crippen LogP contribution < -0.4 is 5.32 Å². The first-order valence-electron chi connectivity index (χ1n) is 11.8. The fourth-order valence-electron chi connectivity index (χ4n) is 3.71. The zero-order chi connectivity index (χ0) is 25.3. The highest BCUT2D eigenvalue weighted by atomic mass is 79.9. The molecule has 0 aliphatic carbocycles. The number of hydrogen-bond acceptors (Lipinski definition) is 3. The second-order valence-electron chi connectivity index (χ2n) is 9.50. The van der Waals surface area contributed by atoms with Gasteiger partial charge in [-0.25, -0.2) is 0 Å². The minimum Gasteiger partial charge on any atom is -0.350 e. The lowest BCUT2D eigenvalue weighted by Crippen LogP contribution is -2.54. The molecule has 6 heteroatoms. The molecule has 0 saturated carbocycles. The van der Waals surface area contributed by atoms with Crippen LogP contribution in [-0.2, 0) is 22.6 Å². The Morgan fingerprint density at radius 2 is 1.49 bits per heavy atom. The molecule has 0 unspecified atom stereocenters. The van der Waals surface area contributed by atoms with Crippen LogP contribution in [0.15, 0.2) is 94.3 Å². The van der Waals surface area contributed by atoms with Crippen molar-refractivity contribution in [1.82, 2.24) is 10.2 Å². The van der Waals surface area contributed by atoms with E-state index in [9.17, 15) is 9.59 Å². The summed E-state index contributed by atoms with van der Waals surface area (Å²) in [7, 11) is 0. The van der Waals surface area contributed by atoms with Crippen molar-refractivity contribution in [1.29, 1.82) is 0 Å². The number of nitrogens with one attached hydrogen (secondary N) is 1. The Kier molecular flexibility index (Phi) is 9.99. The first kappa shape index (κ1) is 27.0. The third kappa shape index (κ3) is 9.19. The Labute approximate surface area is 221 Å². The van der Waals surface area contributed by atoms with Gasteiger partial charge in [-0.2, -0.15) is 0 Å². The smallest absolute Gasteiger partial charge is 0.243 e. The van der Waals surface area contributed by atoms with E-state index in [4.69, 9.17) is 0 Å². The molecule has 35 heavy (non-hydrogen) atoms. The fourth-order valence-corrected chi connectivity index (χ4v) is 4.84. The van der Waals surface area contributed by atoms with Gasteiger partial charge in [0.05, 0.1) is 0 Å². The number of thioether (sulfide) groups is 1. The molecule has 2 amide bonds. The van der Waals surface area contributed by atoms with E-state index in [1.807, 2.05) is 106 Å². The van der Waals surface area contributed by atoms with Crippen molar-refractivity contribution in [3.05, 3.63) is 101 Å². The molecule has 0 aliphatic rings. The van der Waals surface area contributed by atoms with Gasteiger partial charge in [-0.3, -0.25) is 9.59 Å². The summed E-state index contributed by atoms with van der Waals surface area (Å²) in [6, 6.07) is 27.3. The molecule has 3 rings (SSSR count). The zero-order valence-electron chi connectivity index (χ0n) is 20.5. The number of rotatable bonds is 10. The van der Waals surface area contributed by atoms with Crippen LogP contribution in [-0.4, -0.2) is 34.0 Å². The molecule has 1 N–H and O–H groups in total. The maximum absolute atomic E-state index is 13.6. The predicted molar refractivity (Wildman–Crippen MR) is 148 cm³/mol. The highest BCUT2D eigenvalue weighted by molar-refractivity contribution is 9.10. The summed E-state index contributed by atoms with van der Waals surface area (Å²) in [4.78, 5) is 30.0. The van der Waals surface area contributed by atoms with Gasteiger partial charge in [0.2, 0.25) is 11.8 Å². The number of amides is 2. The van der Waals surface area contributed by atoms with E-state index in [0.29, 0.717) is 25.1 Å². The summed E-state index contributed by atoms with van der Waals surface area (Å²) in [5.74, 6) is 0.488. The standard InChI is InChI=1S/C29H33BrN2O2S/c1-29(2,3)31-28(34)26(20-22-10-6-4-7-11-22)32(21-23-14-16-24(30)17-15-23)27(33)18-19-35-25-12-8-5-9-13-25/h4-17,26H,18-21H2,1-3H3,(H,31,34)/t26-/m1/s1. The van der Waals surface area contributed by atoms with E-state index < -0.39 is 11.6 Å². The Balaban J connectivity index is 1.86. The first-order valence-corrected chi connectivity index (χ1v) is 13.6. The molecule has 0 aromatic heterocycles. The SMILES string of the molecule is CC(C)(C)NC(=O)[C@@H](Cc1ccccc1)N(Cc1ccc(Br)cc1)C(=O)CCSc1ccccc1. The van der Waals surface area contributed by atoms with Crippen molar-refractivity contribution < 1.29 is 9.59 Å². The van der Waals surface area contributed by atoms with E-state index in [-0.39, 0.29) is 11.8 Å². The van der Waals surface area contributed by atoms with Crippen LogP contribution >= 0.6 is 27.7 Å². The van der Waals surface area contributed by atoms with Gasteiger partial charge in [0.1, 0.15) is 6.04 Å². The van der Waals surface area contributed by atoms with Crippen LogP contribution in [0.3, 0.4) is 0 Å². The van der Waals surface area contributed by atoms with Crippen molar-refractivity contribution in [2.45, 2.75) is 56.6 Å². The summed E-state index contributed by atoms with van der Waals surface area (Å²) in [6.45, 7) is 6.25. The highest BCUT2D eigenvalue weighted by Gasteiger charge is 2.32. The normalized spacial score (nSPS) is 12.1. The number of carbonyl (C=O) groups excluding carboxylic acids is 2. The van der Waals surface area contributed by atoms with Crippen LogP contribution in [0.5, 0.6) is 0 Å². The molecule has 0 radical (unpaired) electrons. The molecule has 3 aromatic rings. The summed E-state index contributed by atoms with van der Waals surface area (Å²) < 4.78 is 0.977. The summed E-state index contributed by atoms with van der Waals surface area (Å²) >= 11 is 5.13. The number of hydrogen-bond donors (Lipinski definition) is 1. The maximum Gasteiger partial charge on any atom is 0.243 e. The average Bonchev–Trinajstić information content (AvgIpc) is 2.82. The van der Waals surface area contributed by atoms with Gasteiger partial charge in [-0.05, 0) is 56.2 Å². The Morgan fingerprint density at radius 1 is 0.886 bits per heavy atom. The molecule has 0 spiro atoms. The second-order valence-corrected chi connectivity index (χ2v) is 11.6. The van der Waals surface area contributed by atoms with E-state index in [1.54, 1.807) is 16.7 Å². The fraction of sp³-hybridized carbons (Fsp3) is 0.310. The van der Waals surface area contributed by atoms with E-state index >= 15 is 0 Å². The highest BCUT2D eigenvalue weighted by Crippen LogP contribution is 2.21. The van der Waals surface area contributed by atoms with Gasteiger partial charge < -0.3 is 10.2 Å². The average molecular weight is 554 g/mol. The van der Waals surface area contributed by atoms with Gasteiger partial charge in [0.15, 0.2) is 0 Å². The largest absolute Gasteiger partial charge is 0.350 e. The van der Waals surface area contributed by atoms with Crippen LogP contribution in [0.2, 0.25) is 0 Å². The quantitative estimate of drug-likeness (QED) is 0.292. The lowest BCUT2D eigenvalue weighted by molar-refractivity contribution is -0.141. The molecule has 0 bridgehead atoms. The van der Waals surface area contributed by atoms with Crippen molar-refractivity contribution >= 4 is 39.5 Å². The summed E-state index contributed by atoms with van der Waals surface area (Å²) in [5.41, 5.74) is 1.61. The minimum absolute atomic E-state index is 0.0265. The van der Waals surface area contributed by atoms with Crippen molar-refractivity contribution in [3.63, 3.8) is 0 Å². The third-order valence-electron chi connectivity index (χ3n) is 5.36. The number of carbonyl (C=O) groups is 2. The first-order chi connectivity index (χ1) is 16.7. The molecule has 0 heterocycles. The molecule has 4 nitrogen and oxygen atoms in total. The summed E-state index contributed by atoms with van der Waals surface area (Å²) in [6.07, 6.45) is 0.807. The Morgan fingerprint density at radius 3 is 2.09 bits per heavy atom. The molecule has 184 valence electrons. The van der Waals surface area contributed by atoms with Crippen molar-refractivity contribution in [2.24, 2.45) is 0 Å². The number of benzene rings is 3. The molecular weight excluding hydrogens is 520 g/mol. The maximum atomic E-state index is 13.6. The van der Waals surface area contributed by atoms with Gasteiger partial charge >= 0.3 is 0 Å². The Hall–Kier alpha value is -2.57. The molecule has 0 saturated heterocycles. The molecule has 1 atom stereocenters. The van der Waals surface area contributed by atoms with Crippen LogP contribution in [0.4, 0.5) is 0 Å². The molecule has 0 aliphatic heterocycles. The van der Waals surface area contributed by atoms with E-state index in [1.165, 1.54) is 0 Å². The van der Waals surface area contributed by atoms with Crippen LogP contribution in [0.25, 0.3) is 0 Å². The van der Waals surface area contributed by atoms with Gasteiger partial charge in [-0.1, -0.05) is 76.6 Å².